The maximum Gasteiger partial charge on any atom is 0.347 e. The van der Waals surface area contributed by atoms with Crippen LogP contribution < -0.4 is 31.2 Å². The number of aromatic nitrogens is 6. The molecule has 0 radical (unpaired) electrons. The topological polar surface area (TPSA) is 200 Å². The zero-order valence-corrected chi connectivity index (χ0v) is 27.7. The Morgan fingerprint density at radius 2 is 1.31 bits per heavy atom. The number of hydrogen-bond donors (Lipinski definition) is 2. The van der Waals surface area contributed by atoms with E-state index in [0.29, 0.717) is 0 Å². The average molecular weight is 759 g/mol. The van der Waals surface area contributed by atoms with Crippen LogP contribution in [0.4, 0.5) is 29.2 Å². The van der Waals surface area contributed by atoms with Crippen molar-refractivity contribution in [1.82, 2.24) is 19.1 Å². The van der Waals surface area contributed by atoms with Gasteiger partial charge in [0.25, 0.3) is 22.5 Å². The number of rotatable bonds is 14. The first kappa shape index (κ1) is 42.4. The molecule has 0 atom stereocenters. The number of carbonyl (C=O) groups excluding carboxylic acids is 2. The van der Waals surface area contributed by atoms with Gasteiger partial charge in [-0.15, -0.1) is 0 Å². The van der Waals surface area contributed by atoms with E-state index in [4.69, 9.17) is 21.1 Å². The Bertz CT molecular complexity index is 1950. The van der Waals surface area contributed by atoms with Crippen molar-refractivity contribution in [3.05, 3.63) is 115 Å². The predicted molar refractivity (Wildman–Crippen MR) is 178 cm³/mol. The smallest absolute Gasteiger partial charge is 0.347 e. The SMILES string of the molecule is C.CC(=O)OCCn1c(Cl)cnc(NCC(F)(F)c2cccc[n+]2[O-])c1=O.CC(=O)OCCn1ccnc(NCC(F)(F)c2cccc[n+]2[O-])c1=O. The van der Waals surface area contributed by atoms with E-state index < -0.39 is 59.4 Å². The molecule has 4 aromatic heterocycles. The van der Waals surface area contributed by atoms with Gasteiger partial charge in [0.1, 0.15) is 18.4 Å². The second-order valence-corrected chi connectivity index (χ2v) is 10.7. The van der Waals surface area contributed by atoms with Crippen molar-refractivity contribution >= 4 is 35.2 Å². The lowest BCUT2D eigenvalue weighted by atomic mass is 10.2. The van der Waals surface area contributed by atoms with Crippen molar-refractivity contribution in [3.8, 4) is 0 Å². The molecule has 4 rings (SSSR count). The number of ether oxygens (including phenoxy) is 2. The minimum absolute atomic E-state index is 0. The standard InChI is InChI=1S/C15H15ClF2N4O4.C15H16F2N4O4.CH4/c1-10(23)26-7-6-21-12(16)8-19-13(14(21)24)20-9-15(17,18)11-4-2-3-5-22(11)25;1-11(22)25-9-8-20-7-5-18-13(14(20)23)19-10-15(16,17)12-4-2-3-6-21(12)24;/h2-5,8H,6-7,9H2,1H3,(H,19,20);2-7H,8-10H2,1H3,(H,18,19);1H4. The average Bonchev–Trinajstić information content (AvgIpc) is 3.06. The van der Waals surface area contributed by atoms with Crippen LogP contribution in [-0.4, -0.2) is 57.3 Å². The summed E-state index contributed by atoms with van der Waals surface area (Å²) in [6, 6.07) is 7.27. The number of anilines is 2. The summed E-state index contributed by atoms with van der Waals surface area (Å²) >= 11 is 5.86. The number of alkyl halides is 4. The van der Waals surface area contributed by atoms with Gasteiger partial charge in [-0.05, 0) is 12.1 Å². The molecule has 0 unspecified atom stereocenters. The van der Waals surface area contributed by atoms with Crippen LogP contribution in [-0.2, 0) is 44.0 Å². The molecule has 0 aliphatic heterocycles. The van der Waals surface area contributed by atoms with Crippen LogP contribution in [0.25, 0.3) is 0 Å². The molecule has 4 heterocycles. The number of esters is 2. The number of carbonyl (C=O) groups is 2. The molecule has 0 saturated carbocycles. The number of halogens is 5. The molecular formula is C31H35ClF4N8O8. The Hall–Kier alpha value is -5.79. The third-order valence-corrected chi connectivity index (χ3v) is 6.83. The fourth-order valence-corrected chi connectivity index (χ4v) is 4.31. The van der Waals surface area contributed by atoms with Gasteiger partial charge in [-0.3, -0.25) is 23.7 Å². The summed E-state index contributed by atoms with van der Waals surface area (Å²) in [5, 5.41) is 27.4. The van der Waals surface area contributed by atoms with E-state index in [2.05, 4.69) is 20.6 Å². The quantitative estimate of drug-likeness (QED) is 0.0826. The Balaban J connectivity index is 0.000000354. The third kappa shape index (κ3) is 11.9. The number of nitrogens with zero attached hydrogens (tertiary/aromatic N) is 6. The highest BCUT2D eigenvalue weighted by molar-refractivity contribution is 6.29. The van der Waals surface area contributed by atoms with Gasteiger partial charge in [-0.25, -0.2) is 9.97 Å². The van der Waals surface area contributed by atoms with Crippen LogP contribution in [0.1, 0.15) is 32.7 Å². The fraction of sp³-hybridized carbons (Fsp3) is 0.355. The molecule has 52 heavy (non-hydrogen) atoms. The van der Waals surface area contributed by atoms with Gasteiger partial charge in [0.2, 0.25) is 0 Å². The van der Waals surface area contributed by atoms with E-state index in [-0.39, 0.29) is 60.0 Å². The molecule has 0 amide bonds. The summed E-state index contributed by atoms with van der Waals surface area (Å²) in [4.78, 5) is 53.4. The van der Waals surface area contributed by atoms with Gasteiger partial charge >= 0.3 is 23.8 Å². The van der Waals surface area contributed by atoms with Gasteiger partial charge in [0, 0.05) is 50.5 Å². The van der Waals surface area contributed by atoms with Crippen LogP contribution in [0, 0.1) is 10.4 Å². The molecule has 2 N–H and O–H groups in total. The largest absolute Gasteiger partial charge is 0.618 e. The summed E-state index contributed by atoms with van der Waals surface area (Å²) in [7, 11) is 0. The van der Waals surface area contributed by atoms with E-state index in [0.717, 1.165) is 35.3 Å². The molecule has 0 spiro atoms. The minimum atomic E-state index is -3.54. The first-order valence-corrected chi connectivity index (χ1v) is 15.1. The second kappa shape index (κ2) is 19.0. The highest BCUT2D eigenvalue weighted by Gasteiger charge is 2.40. The molecule has 16 nitrogen and oxygen atoms in total. The van der Waals surface area contributed by atoms with E-state index in [1.807, 2.05) is 0 Å². The lowest BCUT2D eigenvalue weighted by Gasteiger charge is -2.17. The van der Waals surface area contributed by atoms with Crippen LogP contribution in [0.3, 0.4) is 0 Å². The molecule has 0 fully saturated rings. The third-order valence-electron chi connectivity index (χ3n) is 6.53. The predicted octanol–water partition coefficient (Wildman–Crippen LogP) is 2.58. The van der Waals surface area contributed by atoms with E-state index >= 15 is 0 Å². The van der Waals surface area contributed by atoms with Crippen LogP contribution in [0.5, 0.6) is 0 Å². The molecular weight excluding hydrogens is 724 g/mol. The summed E-state index contributed by atoms with van der Waals surface area (Å²) in [6.45, 7) is 0.288. The summed E-state index contributed by atoms with van der Waals surface area (Å²) in [5.74, 6) is -8.73. The summed E-state index contributed by atoms with van der Waals surface area (Å²) in [6.07, 6.45) is 5.62. The maximum atomic E-state index is 14.2. The molecule has 21 heteroatoms. The number of nitrogens with one attached hydrogen (secondary N) is 2. The molecule has 0 bridgehead atoms. The van der Waals surface area contributed by atoms with Gasteiger partial charge in [0.05, 0.1) is 32.4 Å². The number of pyridine rings is 2. The van der Waals surface area contributed by atoms with Crippen molar-refractivity contribution < 1.29 is 46.1 Å². The lowest BCUT2D eigenvalue weighted by molar-refractivity contribution is -0.624. The summed E-state index contributed by atoms with van der Waals surface area (Å²) in [5.41, 5.74) is -2.91. The van der Waals surface area contributed by atoms with Crippen molar-refractivity contribution in [2.75, 3.05) is 36.9 Å². The monoisotopic (exact) mass is 758 g/mol. The van der Waals surface area contributed by atoms with Crippen molar-refractivity contribution in [1.29, 1.82) is 0 Å². The first-order valence-electron chi connectivity index (χ1n) is 14.7. The Morgan fingerprint density at radius 1 is 0.827 bits per heavy atom. The van der Waals surface area contributed by atoms with Crippen molar-refractivity contribution in [3.63, 3.8) is 0 Å². The maximum absolute atomic E-state index is 14.2. The molecule has 4 aromatic rings. The molecule has 282 valence electrons. The first-order chi connectivity index (χ1) is 24.0. The zero-order valence-electron chi connectivity index (χ0n) is 26.9. The normalized spacial score (nSPS) is 11.0. The fourth-order valence-electron chi connectivity index (χ4n) is 4.10. The number of hydrogen-bond acceptors (Lipinski definition) is 12. The van der Waals surface area contributed by atoms with E-state index in [1.165, 1.54) is 55.1 Å². The van der Waals surface area contributed by atoms with Gasteiger partial charge in [-0.1, -0.05) is 19.0 Å². The van der Waals surface area contributed by atoms with Gasteiger partial charge < -0.3 is 35.1 Å². The van der Waals surface area contributed by atoms with Crippen LogP contribution in [0.2, 0.25) is 5.15 Å². The van der Waals surface area contributed by atoms with Crippen LogP contribution >= 0.6 is 11.6 Å². The second-order valence-electron chi connectivity index (χ2n) is 10.3. The molecule has 0 aliphatic carbocycles. The van der Waals surface area contributed by atoms with Crippen molar-refractivity contribution in [2.24, 2.45) is 0 Å². The molecule has 0 aromatic carbocycles. The molecule has 0 aliphatic rings. The summed E-state index contributed by atoms with van der Waals surface area (Å²) < 4.78 is 68.5. The van der Waals surface area contributed by atoms with E-state index in [1.54, 1.807) is 0 Å². The minimum Gasteiger partial charge on any atom is -0.618 e. The lowest BCUT2D eigenvalue weighted by Crippen LogP contribution is -2.41. The van der Waals surface area contributed by atoms with Gasteiger partial charge in [-0.2, -0.15) is 27.0 Å². The van der Waals surface area contributed by atoms with Crippen molar-refractivity contribution in [2.45, 2.75) is 46.2 Å². The molecule has 0 saturated heterocycles. The Labute approximate surface area is 298 Å². The highest BCUT2D eigenvalue weighted by atomic mass is 35.5. The highest BCUT2D eigenvalue weighted by Crippen LogP contribution is 2.26. The Kier molecular flexibility index (Phi) is 15.5. The van der Waals surface area contributed by atoms with E-state index in [9.17, 15) is 47.2 Å². The van der Waals surface area contributed by atoms with Gasteiger partial charge in [0.15, 0.2) is 24.0 Å². The Morgan fingerprint density at radius 3 is 1.79 bits per heavy atom. The zero-order chi connectivity index (χ0) is 37.8. The van der Waals surface area contributed by atoms with Crippen LogP contribution in [0.15, 0.2) is 77.0 Å².